The van der Waals surface area contributed by atoms with Crippen LogP contribution in [0.15, 0.2) is 4.63 Å². The highest BCUT2D eigenvalue weighted by atomic mass is 16.8. The van der Waals surface area contributed by atoms with E-state index in [1.807, 2.05) is 6.92 Å². The second kappa shape index (κ2) is 2.93. The maximum absolute atomic E-state index is 11.3. The number of nitrogens with zero attached hydrogens (tertiary/aromatic N) is 3. The van der Waals surface area contributed by atoms with Gasteiger partial charge in [-0.15, -0.1) is 0 Å². The summed E-state index contributed by atoms with van der Waals surface area (Å²) in [5.41, 5.74) is -0.607. The van der Waals surface area contributed by atoms with E-state index >= 15 is 0 Å². The van der Waals surface area contributed by atoms with Gasteiger partial charge in [-0.3, -0.25) is 4.63 Å². The Hall–Kier alpha value is -1.18. The molecule has 7 nitrogen and oxygen atoms in total. The molecule has 7 heteroatoms. The lowest BCUT2D eigenvalue weighted by Crippen LogP contribution is -2.47. The number of aliphatic hydroxyl groups is 1. The van der Waals surface area contributed by atoms with Crippen LogP contribution in [-0.2, 0) is 12.0 Å². The SMILES string of the molecule is C[C@@H]1C[C@]2(O)c3no[n+]([O-])c3CC[C@H]2N1O. The minimum atomic E-state index is -1.26. The van der Waals surface area contributed by atoms with Gasteiger partial charge in [0.2, 0.25) is 5.69 Å². The van der Waals surface area contributed by atoms with Gasteiger partial charge in [-0.2, -0.15) is 5.06 Å². The molecule has 0 aromatic carbocycles. The summed E-state index contributed by atoms with van der Waals surface area (Å²) in [6, 6.07) is -0.558. The summed E-state index contributed by atoms with van der Waals surface area (Å²) in [5.74, 6) is 0. The first-order valence-corrected chi connectivity index (χ1v) is 5.32. The van der Waals surface area contributed by atoms with Crippen LogP contribution in [0.3, 0.4) is 0 Å². The van der Waals surface area contributed by atoms with Gasteiger partial charge in [0.25, 0.3) is 5.69 Å². The van der Waals surface area contributed by atoms with Crippen molar-refractivity contribution in [3.63, 3.8) is 0 Å². The van der Waals surface area contributed by atoms with Gasteiger partial charge in [0, 0.05) is 24.0 Å². The van der Waals surface area contributed by atoms with Crippen LogP contribution in [0.25, 0.3) is 0 Å². The van der Waals surface area contributed by atoms with Gasteiger partial charge in [-0.1, -0.05) is 0 Å². The summed E-state index contributed by atoms with van der Waals surface area (Å²) in [5, 5.41) is 36.4. The van der Waals surface area contributed by atoms with Crippen molar-refractivity contribution in [2.45, 2.75) is 43.9 Å². The molecule has 88 valence electrons. The minimum absolute atomic E-state index is 0.155. The monoisotopic (exact) mass is 227 g/mol. The van der Waals surface area contributed by atoms with Gasteiger partial charge in [-0.05, 0) is 18.2 Å². The normalized spacial score (nSPS) is 38.4. The fourth-order valence-electron chi connectivity index (χ4n) is 2.91. The van der Waals surface area contributed by atoms with E-state index in [2.05, 4.69) is 9.79 Å². The molecule has 1 saturated heterocycles. The van der Waals surface area contributed by atoms with Gasteiger partial charge >= 0.3 is 0 Å². The maximum atomic E-state index is 11.3. The van der Waals surface area contributed by atoms with Crippen LogP contribution in [-0.4, -0.2) is 32.6 Å². The van der Waals surface area contributed by atoms with Crippen LogP contribution in [0.1, 0.15) is 31.2 Å². The highest BCUT2D eigenvalue weighted by Crippen LogP contribution is 2.45. The first-order valence-electron chi connectivity index (χ1n) is 5.32. The largest absolute Gasteiger partial charge is 0.379 e. The fourth-order valence-corrected chi connectivity index (χ4v) is 2.91. The molecule has 1 aliphatic carbocycles. The molecule has 3 atom stereocenters. The molecule has 0 amide bonds. The summed E-state index contributed by atoms with van der Waals surface area (Å²) in [4.78, 5) is 0.341. The second-order valence-electron chi connectivity index (χ2n) is 4.64. The molecule has 1 aliphatic heterocycles. The Kier molecular flexibility index (Phi) is 1.84. The predicted molar refractivity (Wildman–Crippen MR) is 49.2 cm³/mol. The first kappa shape index (κ1) is 10.0. The van der Waals surface area contributed by atoms with Crippen LogP contribution >= 0.6 is 0 Å². The summed E-state index contributed by atoms with van der Waals surface area (Å²) in [6.07, 6.45) is 1.33. The first-order chi connectivity index (χ1) is 7.54. The molecule has 3 rings (SSSR count). The Morgan fingerprint density at radius 3 is 3.19 bits per heavy atom. The zero-order chi connectivity index (χ0) is 11.5. The number of aromatic nitrogens is 2. The third kappa shape index (κ3) is 1.02. The zero-order valence-corrected chi connectivity index (χ0v) is 8.83. The average Bonchev–Trinajstić information content (AvgIpc) is 2.70. The zero-order valence-electron chi connectivity index (χ0n) is 8.83. The van der Waals surface area contributed by atoms with E-state index in [4.69, 9.17) is 0 Å². The van der Waals surface area contributed by atoms with Crippen LogP contribution in [0.4, 0.5) is 0 Å². The molecular formula is C9H13N3O4. The molecule has 0 unspecified atom stereocenters. The van der Waals surface area contributed by atoms with Crippen molar-refractivity contribution in [1.82, 2.24) is 10.2 Å². The van der Waals surface area contributed by atoms with Gasteiger partial charge < -0.3 is 15.5 Å². The summed E-state index contributed by atoms with van der Waals surface area (Å²) in [6.45, 7) is 1.82. The van der Waals surface area contributed by atoms with Crippen molar-refractivity contribution < 1.29 is 19.8 Å². The molecule has 0 saturated carbocycles. The van der Waals surface area contributed by atoms with Gasteiger partial charge in [-0.25, -0.2) is 0 Å². The summed E-state index contributed by atoms with van der Waals surface area (Å²) in [7, 11) is 0. The van der Waals surface area contributed by atoms with E-state index in [1.165, 1.54) is 0 Å². The minimum Gasteiger partial charge on any atom is -0.379 e. The smallest absolute Gasteiger partial charge is 0.254 e. The van der Waals surface area contributed by atoms with Gasteiger partial charge in [0.15, 0.2) is 5.60 Å². The molecule has 16 heavy (non-hydrogen) atoms. The van der Waals surface area contributed by atoms with Crippen LogP contribution in [0.5, 0.6) is 0 Å². The lowest BCUT2D eigenvalue weighted by molar-refractivity contribution is -0.808. The van der Waals surface area contributed by atoms with Crippen LogP contribution < -0.4 is 4.90 Å². The lowest BCUT2D eigenvalue weighted by atomic mass is 9.81. The number of hydroxylamine groups is 2. The van der Waals surface area contributed by atoms with E-state index in [1.54, 1.807) is 0 Å². The van der Waals surface area contributed by atoms with Gasteiger partial charge in [0.05, 0.1) is 6.04 Å². The quantitative estimate of drug-likeness (QED) is 0.568. The second-order valence-corrected chi connectivity index (χ2v) is 4.64. The van der Waals surface area contributed by atoms with Crippen molar-refractivity contribution in [2.75, 3.05) is 0 Å². The van der Waals surface area contributed by atoms with Crippen LogP contribution in [0.2, 0.25) is 0 Å². The Morgan fingerprint density at radius 1 is 1.69 bits per heavy atom. The van der Waals surface area contributed by atoms with Crippen molar-refractivity contribution in [2.24, 2.45) is 0 Å². The van der Waals surface area contributed by atoms with Crippen molar-refractivity contribution in [3.05, 3.63) is 16.6 Å². The lowest BCUT2D eigenvalue weighted by Gasteiger charge is -2.31. The third-order valence-corrected chi connectivity index (χ3v) is 3.69. The van der Waals surface area contributed by atoms with Crippen LogP contribution in [0, 0.1) is 5.21 Å². The Balaban J connectivity index is 2.11. The molecule has 2 aliphatic rings. The molecule has 1 aromatic heterocycles. The number of rotatable bonds is 0. The Morgan fingerprint density at radius 2 is 2.44 bits per heavy atom. The Bertz CT molecular complexity index is 434. The summed E-state index contributed by atoms with van der Waals surface area (Å²) < 4.78 is 4.51. The average molecular weight is 227 g/mol. The Labute approximate surface area is 91.4 Å². The standard InChI is InChI=1S/C9H13N3O4/c1-5-4-9(13)7(11(5)14)3-2-6-8(9)10-16-12(6)15/h5,7,13-14H,2-4H2,1H3/t5-,7-,9-/m1/s1. The topological polar surface area (TPSA) is 96.7 Å². The highest BCUT2D eigenvalue weighted by Gasteiger charge is 2.58. The third-order valence-electron chi connectivity index (χ3n) is 3.69. The highest BCUT2D eigenvalue weighted by molar-refractivity contribution is 5.24. The molecule has 2 N–H and O–H groups in total. The molecular weight excluding hydrogens is 214 g/mol. The molecule has 1 aromatic rings. The van der Waals surface area contributed by atoms with Crippen molar-refractivity contribution >= 4 is 0 Å². The molecule has 0 radical (unpaired) electrons. The van der Waals surface area contributed by atoms with E-state index in [9.17, 15) is 15.5 Å². The van der Waals surface area contributed by atoms with E-state index in [0.717, 1.165) is 5.06 Å². The van der Waals surface area contributed by atoms with Crippen molar-refractivity contribution in [3.8, 4) is 0 Å². The van der Waals surface area contributed by atoms with E-state index in [0.29, 0.717) is 29.9 Å². The van der Waals surface area contributed by atoms with Gasteiger partial charge in [0.1, 0.15) is 0 Å². The molecule has 0 spiro atoms. The summed E-state index contributed by atoms with van der Waals surface area (Å²) >= 11 is 0. The number of hydrogen-bond donors (Lipinski definition) is 2. The van der Waals surface area contributed by atoms with E-state index < -0.39 is 11.6 Å². The van der Waals surface area contributed by atoms with E-state index in [-0.39, 0.29) is 11.7 Å². The molecule has 0 bridgehead atoms. The fraction of sp³-hybridized carbons (Fsp3) is 0.778. The van der Waals surface area contributed by atoms with Crippen molar-refractivity contribution in [1.29, 1.82) is 0 Å². The molecule has 1 fully saturated rings. The predicted octanol–water partition coefficient (Wildman–Crippen LogP) is -0.706. The molecule has 2 heterocycles. The maximum Gasteiger partial charge on any atom is 0.254 e. The number of hydrogen-bond acceptors (Lipinski definition) is 6. The number of fused-ring (bicyclic) bond motifs is 3.